The van der Waals surface area contributed by atoms with E-state index >= 15 is 0 Å². The number of thiazole rings is 1. The standard InChI is InChI=1S/C17H14N4O4S/c22-14-4-3-12(16(24)20-14)21-6-10-5-9(1-2-11(10)17(21)25)15(23)19-13-7-26-8-18-13/h1-2,5,7-8,12H,3-4,6H2,(H,19,23)(H,20,22,24). The number of carbonyl (C=O) groups is 4. The first-order chi connectivity index (χ1) is 12.5. The molecule has 9 heteroatoms. The Morgan fingerprint density at radius 1 is 1.31 bits per heavy atom. The summed E-state index contributed by atoms with van der Waals surface area (Å²) in [5.74, 6) is -0.881. The second-order valence-corrected chi connectivity index (χ2v) is 6.82. The van der Waals surface area contributed by atoms with Gasteiger partial charge < -0.3 is 10.2 Å². The smallest absolute Gasteiger partial charge is 0.256 e. The van der Waals surface area contributed by atoms with E-state index < -0.39 is 11.9 Å². The number of anilines is 1. The lowest BCUT2D eigenvalue weighted by atomic mass is 10.0. The quantitative estimate of drug-likeness (QED) is 0.788. The summed E-state index contributed by atoms with van der Waals surface area (Å²) in [5, 5.41) is 6.68. The predicted molar refractivity (Wildman–Crippen MR) is 92.6 cm³/mol. The molecule has 2 aliphatic heterocycles. The summed E-state index contributed by atoms with van der Waals surface area (Å²) in [6.07, 6.45) is 0.513. The van der Waals surface area contributed by atoms with E-state index in [-0.39, 0.29) is 30.7 Å². The lowest BCUT2D eigenvalue weighted by Crippen LogP contribution is -2.52. The molecule has 2 aromatic rings. The third-order valence-electron chi connectivity index (χ3n) is 4.46. The van der Waals surface area contributed by atoms with Gasteiger partial charge in [-0.05, 0) is 30.2 Å². The van der Waals surface area contributed by atoms with E-state index in [0.717, 1.165) is 0 Å². The molecule has 2 N–H and O–H groups in total. The number of nitrogens with one attached hydrogen (secondary N) is 2. The Morgan fingerprint density at radius 2 is 2.15 bits per heavy atom. The molecule has 2 aliphatic rings. The summed E-state index contributed by atoms with van der Waals surface area (Å²) in [4.78, 5) is 53.7. The number of hydrogen-bond donors (Lipinski definition) is 2. The first-order valence-electron chi connectivity index (χ1n) is 8.00. The largest absolute Gasteiger partial charge is 0.322 e. The van der Waals surface area contributed by atoms with Gasteiger partial charge >= 0.3 is 0 Å². The third kappa shape index (κ3) is 2.86. The van der Waals surface area contributed by atoms with Crippen LogP contribution in [-0.2, 0) is 16.1 Å². The molecule has 4 amide bonds. The van der Waals surface area contributed by atoms with E-state index in [4.69, 9.17) is 0 Å². The van der Waals surface area contributed by atoms with Crippen molar-refractivity contribution in [3.63, 3.8) is 0 Å². The van der Waals surface area contributed by atoms with Crippen LogP contribution in [0.3, 0.4) is 0 Å². The van der Waals surface area contributed by atoms with Crippen molar-refractivity contribution in [2.24, 2.45) is 0 Å². The molecule has 1 aromatic heterocycles. The fraction of sp³-hybridized carbons (Fsp3) is 0.235. The highest BCUT2D eigenvalue weighted by Gasteiger charge is 2.39. The van der Waals surface area contributed by atoms with Gasteiger partial charge in [0.25, 0.3) is 11.8 Å². The number of amides is 4. The monoisotopic (exact) mass is 370 g/mol. The molecule has 3 heterocycles. The zero-order valence-electron chi connectivity index (χ0n) is 13.5. The van der Waals surface area contributed by atoms with Crippen molar-refractivity contribution in [3.05, 3.63) is 45.8 Å². The molecule has 1 unspecified atom stereocenters. The summed E-state index contributed by atoms with van der Waals surface area (Å²) in [6, 6.07) is 4.16. The number of rotatable bonds is 3. The van der Waals surface area contributed by atoms with Gasteiger partial charge in [-0.2, -0.15) is 0 Å². The van der Waals surface area contributed by atoms with Gasteiger partial charge in [-0.15, -0.1) is 11.3 Å². The van der Waals surface area contributed by atoms with Gasteiger partial charge in [0, 0.05) is 29.5 Å². The second-order valence-electron chi connectivity index (χ2n) is 6.10. The molecule has 8 nitrogen and oxygen atoms in total. The minimum atomic E-state index is -0.667. The van der Waals surface area contributed by atoms with Crippen LogP contribution in [0.25, 0.3) is 0 Å². The lowest BCUT2D eigenvalue weighted by Gasteiger charge is -2.29. The Bertz CT molecular complexity index is 925. The number of piperidine rings is 1. The van der Waals surface area contributed by atoms with Crippen LogP contribution in [0.4, 0.5) is 5.82 Å². The van der Waals surface area contributed by atoms with Gasteiger partial charge in [-0.25, -0.2) is 4.98 Å². The molecular weight excluding hydrogens is 356 g/mol. The molecule has 1 saturated heterocycles. The Morgan fingerprint density at radius 3 is 2.88 bits per heavy atom. The van der Waals surface area contributed by atoms with Gasteiger partial charge in [0.15, 0.2) is 0 Å². The van der Waals surface area contributed by atoms with Gasteiger partial charge in [0.05, 0.1) is 5.51 Å². The van der Waals surface area contributed by atoms with E-state index in [9.17, 15) is 19.2 Å². The van der Waals surface area contributed by atoms with Crippen molar-refractivity contribution >= 4 is 40.8 Å². The fourth-order valence-electron chi connectivity index (χ4n) is 3.18. The maximum absolute atomic E-state index is 12.6. The SMILES string of the molecule is O=C1CCC(N2Cc3cc(C(=O)Nc4cscn4)ccc3C2=O)C(=O)N1. The zero-order valence-corrected chi connectivity index (χ0v) is 14.3. The first kappa shape index (κ1) is 16.4. The average Bonchev–Trinajstić information content (AvgIpc) is 3.23. The van der Waals surface area contributed by atoms with Crippen molar-refractivity contribution in [2.45, 2.75) is 25.4 Å². The highest BCUT2D eigenvalue weighted by Crippen LogP contribution is 2.28. The van der Waals surface area contributed by atoms with E-state index in [1.54, 1.807) is 29.1 Å². The minimum absolute atomic E-state index is 0.206. The molecule has 4 rings (SSSR count). The molecule has 0 radical (unpaired) electrons. The van der Waals surface area contributed by atoms with Gasteiger partial charge in [-0.1, -0.05) is 0 Å². The minimum Gasteiger partial charge on any atom is -0.322 e. The average molecular weight is 370 g/mol. The maximum Gasteiger partial charge on any atom is 0.256 e. The predicted octanol–water partition coefficient (Wildman–Crippen LogP) is 1.16. The molecule has 0 bridgehead atoms. The molecular formula is C17H14N4O4S. The Hall–Kier alpha value is -3.07. The number of imide groups is 1. The summed E-state index contributed by atoms with van der Waals surface area (Å²) in [6.45, 7) is 0.234. The van der Waals surface area contributed by atoms with Gasteiger partial charge in [0.1, 0.15) is 11.9 Å². The van der Waals surface area contributed by atoms with Crippen LogP contribution in [0.5, 0.6) is 0 Å². The van der Waals surface area contributed by atoms with E-state index in [0.29, 0.717) is 28.9 Å². The number of benzene rings is 1. The van der Waals surface area contributed by atoms with Crippen molar-refractivity contribution in [2.75, 3.05) is 5.32 Å². The molecule has 0 aliphatic carbocycles. The second kappa shape index (κ2) is 6.34. The van der Waals surface area contributed by atoms with Crippen LogP contribution in [0.2, 0.25) is 0 Å². The van der Waals surface area contributed by atoms with Crippen LogP contribution >= 0.6 is 11.3 Å². The molecule has 26 heavy (non-hydrogen) atoms. The number of aromatic nitrogens is 1. The van der Waals surface area contributed by atoms with E-state index in [1.165, 1.54) is 16.2 Å². The van der Waals surface area contributed by atoms with E-state index in [1.807, 2.05) is 0 Å². The van der Waals surface area contributed by atoms with Gasteiger partial charge in [-0.3, -0.25) is 24.5 Å². The third-order valence-corrected chi connectivity index (χ3v) is 5.05. The van der Waals surface area contributed by atoms with Crippen molar-refractivity contribution in [1.82, 2.24) is 15.2 Å². The highest BCUT2D eigenvalue weighted by molar-refractivity contribution is 7.07. The molecule has 1 atom stereocenters. The number of hydrogen-bond acceptors (Lipinski definition) is 6. The van der Waals surface area contributed by atoms with Crippen LogP contribution < -0.4 is 10.6 Å². The Balaban J connectivity index is 1.54. The molecule has 0 saturated carbocycles. The topological polar surface area (TPSA) is 108 Å². The summed E-state index contributed by atoms with van der Waals surface area (Å²) in [7, 11) is 0. The Kier molecular flexibility index (Phi) is 4.00. The lowest BCUT2D eigenvalue weighted by molar-refractivity contribution is -0.136. The number of nitrogens with zero attached hydrogens (tertiary/aromatic N) is 2. The maximum atomic E-state index is 12.6. The van der Waals surface area contributed by atoms with Crippen LogP contribution in [-0.4, -0.2) is 39.6 Å². The van der Waals surface area contributed by atoms with Crippen molar-refractivity contribution < 1.29 is 19.2 Å². The molecule has 0 spiro atoms. The molecule has 132 valence electrons. The zero-order chi connectivity index (χ0) is 18.3. The van der Waals surface area contributed by atoms with Crippen LogP contribution in [0.15, 0.2) is 29.1 Å². The summed E-state index contributed by atoms with van der Waals surface area (Å²) < 4.78 is 0. The van der Waals surface area contributed by atoms with Crippen molar-refractivity contribution in [1.29, 1.82) is 0 Å². The Labute approximate surface area is 152 Å². The summed E-state index contributed by atoms with van der Waals surface area (Å²) in [5.41, 5.74) is 3.19. The van der Waals surface area contributed by atoms with Crippen LogP contribution in [0, 0.1) is 0 Å². The number of carbonyl (C=O) groups excluding carboxylic acids is 4. The van der Waals surface area contributed by atoms with E-state index in [2.05, 4.69) is 15.6 Å². The van der Waals surface area contributed by atoms with Crippen LogP contribution in [0.1, 0.15) is 39.1 Å². The molecule has 1 aromatic carbocycles. The summed E-state index contributed by atoms with van der Waals surface area (Å²) >= 11 is 1.37. The molecule has 1 fully saturated rings. The van der Waals surface area contributed by atoms with Gasteiger partial charge in [0.2, 0.25) is 11.8 Å². The fourth-order valence-corrected chi connectivity index (χ4v) is 3.66. The highest BCUT2D eigenvalue weighted by atomic mass is 32.1. The normalized spacial score (nSPS) is 19.3. The number of fused-ring (bicyclic) bond motifs is 1. The first-order valence-corrected chi connectivity index (χ1v) is 8.94. The van der Waals surface area contributed by atoms with Crippen molar-refractivity contribution in [3.8, 4) is 0 Å².